The maximum Gasteiger partial charge on any atom is 0.331 e. The van der Waals surface area contributed by atoms with Crippen molar-refractivity contribution in [1.29, 1.82) is 0 Å². The molecule has 0 spiro atoms. The van der Waals surface area contributed by atoms with Crippen molar-refractivity contribution in [1.82, 2.24) is 0 Å². The highest BCUT2D eigenvalue weighted by Crippen LogP contribution is 2.32. The number of carbonyl (C=O) groups is 1. The molecule has 22 heavy (non-hydrogen) atoms. The summed E-state index contributed by atoms with van der Waals surface area (Å²) in [6, 6.07) is 6.48. The Hall–Kier alpha value is -2.37. The minimum Gasteiger partial charge on any atom is -0.478 e. The fourth-order valence-corrected chi connectivity index (χ4v) is 2.99. The molecule has 0 amide bonds. The summed E-state index contributed by atoms with van der Waals surface area (Å²) in [5.41, 5.74) is 1.15. The maximum absolute atomic E-state index is 11.2. The fraction of sp³-hybridized carbons (Fsp3) is 0.438. The molecule has 0 bridgehead atoms. The van der Waals surface area contributed by atoms with Gasteiger partial charge in [-0.3, -0.25) is 10.1 Å². The average molecular weight is 304 g/mol. The Morgan fingerprint density at radius 3 is 2.59 bits per heavy atom. The number of rotatable bonds is 5. The van der Waals surface area contributed by atoms with Gasteiger partial charge in [0.25, 0.3) is 5.69 Å². The number of carboxylic acid groups (broad SMARTS) is 1. The lowest BCUT2D eigenvalue weighted by Crippen LogP contribution is -2.44. The Kier molecular flexibility index (Phi) is 4.80. The van der Waals surface area contributed by atoms with Gasteiger partial charge in [-0.05, 0) is 31.4 Å². The van der Waals surface area contributed by atoms with Crippen molar-refractivity contribution in [3.8, 4) is 0 Å². The fourth-order valence-electron chi connectivity index (χ4n) is 2.99. The third-order valence-electron chi connectivity index (χ3n) is 4.34. The molecule has 1 heterocycles. The molecule has 118 valence electrons. The zero-order chi connectivity index (χ0) is 16.3. The van der Waals surface area contributed by atoms with Crippen LogP contribution in [-0.4, -0.2) is 28.6 Å². The molecule has 0 radical (unpaired) electrons. The predicted molar refractivity (Wildman–Crippen MR) is 84.0 cm³/mol. The number of aliphatic carboxylic acids is 1. The van der Waals surface area contributed by atoms with Crippen molar-refractivity contribution in [2.75, 3.05) is 11.4 Å². The lowest BCUT2D eigenvalue weighted by Gasteiger charge is -2.41. The van der Waals surface area contributed by atoms with Crippen molar-refractivity contribution in [3.05, 3.63) is 46.5 Å². The monoisotopic (exact) mass is 304 g/mol. The van der Waals surface area contributed by atoms with Crippen LogP contribution in [0, 0.1) is 16.0 Å². The largest absolute Gasteiger partial charge is 0.478 e. The van der Waals surface area contributed by atoms with E-state index in [9.17, 15) is 14.9 Å². The highest BCUT2D eigenvalue weighted by Gasteiger charge is 2.31. The maximum atomic E-state index is 11.2. The molecule has 2 unspecified atom stereocenters. The number of piperidine rings is 1. The zero-order valence-corrected chi connectivity index (χ0v) is 12.6. The van der Waals surface area contributed by atoms with Crippen molar-refractivity contribution >= 4 is 17.3 Å². The number of nitrogens with zero attached hydrogens (tertiary/aromatic N) is 2. The number of anilines is 1. The van der Waals surface area contributed by atoms with E-state index < -0.39 is 10.9 Å². The van der Waals surface area contributed by atoms with Crippen LogP contribution >= 0.6 is 0 Å². The van der Waals surface area contributed by atoms with E-state index in [-0.39, 0.29) is 23.2 Å². The van der Waals surface area contributed by atoms with Gasteiger partial charge in [0.1, 0.15) is 0 Å². The molecule has 0 saturated carbocycles. The molecule has 6 heteroatoms. The van der Waals surface area contributed by atoms with Gasteiger partial charge in [0, 0.05) is 41.9 Å². The zero-order valence-electron chi connectivity index (χ0n) is 12.6. The van der Waals surface area contributed by atoms with Crippen LogP contribution in [0.3, 0.4) is 0 Å². The molecule has 1 saturated heterocycles. The standard InChI is InChI=1S/C16H20N2O4/c1-11(12(2)16(19)20)15-5-3-4-10-17(15)13-6-8-14(9-7-13)18(21)22/h6-9,11,15H,2-5,10H2,1H3,(H,19,20). The number of hydrogen-bond acceptors (Lipinski definition) is 4. The van der Waals surface area contributed by atoms with Crippen molar-refractivity contribution in [2.45, 2.75) is 32.2 Å². The van der Waals surface area contributed by atoms with E-state index in [1.54, 1.807) is 12.1 Å². The third kappa shape index (κ3) is 3.27. The Morgan fingerprint density at radius 1 is 1.41 bits per heavy atom. The molecule has 6 nitrogen and oxygen atoms in total. The first-order valence-corrected chi connectivity index (χ1v) is 7.35. The van der Waals surface area contributed by atoms with Crippen LogP contribution in [-0.2, 0) is 4.79 Å². The van der Waals surface area contributed by atoms with Crippen LogP contribution in [0.2, 0.25) is 0 Å². The summed E-state index contributed by atoms with van der Waals surface area (Å²) in [7, 11) is 0. The number of benzene rings is 1. The summed E-state index contributed by atoms with van der Waals surface area (Å²) >= 11 is 0. The quantitative estimate of drug-likeness (QED) is 0.513. The van der Waals surface area contributed by atoms with Gasteiger partial charge in [0.05, 0.1) is 4.92 Å². The van der Waals surface area contributed by atoms with Crippen LogP contribution in [0.4, 0.5) is 11.4 Å². The van der Waals surface area contributed by atoms with Gasteiger partial charge in [-0.2, -0.15) is 0 Å². The number of hydrogen-bond donors (Lipinski definition) is 1. The van der Waals surface area contributed by atoms with Crippen LogP contribution < -0.4 is 4.90 Å². The highest BCUT2D eigenvalue weighted by atomic mass is 16.6. The molecule has 0 aromatic heterocycles. The second-order valence-electron chi connectivity index (χ2n) is 5.65. The SMILES string of the molecule is C=C(C(=O)O)C(C)C1CCCCN1c1ccc([N+](=O)[O-])cc1. The van der Waals surface area contributed by atoms with Gasteiger partial charge in [-0.15, -0.1) is 0 Å². The first kappa shape index (κ1) is 16.0. The Morgan fingerprint density at radius 2 is 2.05 bits per heavy atom. The minimum absolute atomic E-state index is 0.0545. The third-order valence-corrected chi connectivity index (χ3v) is 4.34. The summed E-state index contributed by atoms with van der Waals surface area (Å²) in [6.45, 7) is 6.38. The molecule has 1 fully saturated rings. The van der Waals surface area contributed by atoms with Crippen LogP contribution in [0.15, 0.2) is 36.4 Å². The predicted octanol–water partition coefficient (Wildman–Crippen LogP) is 3.23. The van der Waals surface area contributed by atoms with Crippen LogP contribution in [0.5, 0.6) is 0 Å². The molecular weight excluding hydrogens is 284 g/mol. The van der Waals surface area contributed by atoms with E-state index >= 15 is 0 Å². The van der Waals surface area contributed by atoms with Crippen molar-refractivity contribution in [3.63, 3.8) is 0 Å². The number of non-ortho nitro benzene ring substituents is 1. The molecule has 2 rings (SSSR count). The highest BCUT2D eigenvalue weighted by molar-refractivity contribution is 5.86. The smallest absolute Gasteiger partial charge is 0.331 e. The summed E-state index contributed by atoms with van der Waals surface area (Å²) < 4.78 is 0. The van der Waals surface area contributed by atoms with E-state index in [1.807, 2.05) is 6.92 Å². The summed E-state index contributed by atoms with van der Waals surface area (Å²) in [5, 5.41) is 19.9. The number of carboxylic acids is 1. The second-order valence-corrected chi connectivity index (χ2v) is 5.65. The molecule has 1 aromatic rings. The van der Waals surface area contributed by atoms with E-state index in [1.165, 1.54) is 12.1 Å². The molecule has 2 atom stereocenters. The Balaban J connectivity index is 2.24. The van der Waals surface area contributed by atoms with Gasteiger partial charge >= 0.3 is 5.97 Å². The molecule has 1 aliphatic rings. The molecular formula is C16H20N2O4. The summed E-state index contributed by atoms with van der Waals surface area (Å²) in [5.74, 6) is -1.14. The lowest BCUT2D eigenvalue weighted by atomic mass is 9.86. The molecule has 0 aliphatic carbocycles. The second kappa shape index (κ2) is 6.60. The first-order chi connectivity index (χ1) is 10.4. The van der Waals surface area contributed by atoms with E-state index in [4.69, 9.17) is 5.11 Å². The average Bonchev–Trinajstić information content (AvgIpc) is 2.53. The Bertz CT molecular complexity index is 582. The topological polar surface area (TPSA) is 83.7 Å². The van der Waals surface area contributed by atoms with Crippen LogP contribution in [0.1, 0.15) is 26.2 Å². The number of nitro benzene ring substituents is 1. The van der Waals surface area contributed by atoms with Gasteiger partial charge < -0.3 is 10.0 Å². The van der Waals surface area contributed by atoms with Gasteiger partial charge in [0.2, 0.25) is 0 Å². The van der Waals surface area contributed by atoms with E-state index in [0.29, 0.717) is 0 Å². The van der Waals surface area contributed by atoms with Gasteiger partial charge in [0.15, 0.2) is 0 Å². The van der Waals surface area contributed by atoms with Gasteiger partial charge in [-0.25, -0.2) is 4.79 Å². The number of nitro groups is 1. The lowest BCUT2D eigenvalue weighted by molar-refractivity contribution is -0.384. The van der Waals surface area contributed by atoms with E-state index in [2.05, 4.69) is 11.5 Å². The van der Waals surface area contributed by atoms with Crippen molar-refractivity contribution in [2.24, 2.45) is 5.92 Å². The van der Waals surface area contributed by atoms with Crippen LogP contribution in [0.25, 0.3) is 0 Å². The Labute approximate surface area is 129 Å². The summed E-state index contributed by atoms with van der Waals surface area (Å²) in [4.78, 5) is 23.6. The van der Waals surface area contributed by atoms with Crippen molar-refractivity contribution < 1.29 is 14.8 Å². The minimum atomic E-state index is -0.971. The normalized spacial score (nSPS) is 19.5. The van der Waals surface area contributed by atoms with Gasteiger partial charge in [-0.1, -0.05) is 13.5 Å². The summed E-state index contributed by atoms with van der Waals surface area (Å²) in [6.07, 6.45) is 2.97. The van der Waals surface area contributed by atoms with E-state index in [0.717, 1.165) is 31.5 Å². The molecule has 1 aliphatic heterocycles. The molecule has 1 aromatic carbocycles. The molecule has 1 N–H and O–H groups in total. The first-order valence-electron chi connectivity index (χ1n) is 7.35.